The molecule has 3 aliphatic rings. The van der Waals surface area contributed by atoms with E-state index in [0.717, 1.165) is 23.3 Å². The molecule has 1 aliphatic heterocycles. The summed E-state index contributed by atoms with van der Waals surface area (Å²) in [6, 6.07) is 17.6. The molecule has 2 unspecified atom stereocenters. The van der Waals surface area contributed by atoms with Crippen LogP contribution in [0.5, 0.6) is 5.75 Å². The number of benzene rings is 2. The Morgan fingerprint density at radius 1 is 1.12 bits per heavy atom. The van der Waals surface area contributed by atoms with Crippen molar-refractivity contribution < 1.29 is 14.3 Å². The highest BCUT2D eigenvalue weighted by molar-refractivity contribution is 6.09. The number of esters is 1. The van der Waals surface area contributed by atoms with Crippen molar-refractivity contribution in [2.75, 3.05) is 7.11 Å². The lowest BCUT2D eigenvalue weighted by Gasteiger charge is -2.32. The number of hydrogen-bond donors (Lipinski definition) is 0. The van der Waals surface area contributed by atoms with E-state index >= 15 is 0 Å². The fourth-order valence-corrected chi connectivity index (χ4v) is 4.74. The molecule has 4 nitrogen and oxygen atoms in total. The van der Waals surface area contributed by atoms with Gasteiger partial charge in [-0.25, -0.2) is 9.79 Å². The van der Waals surface area contributed by atoms with Crippen LogP contribution < -0.4 is 4.74 Å². The van der Waals surface area contributed by atoms with E-state index in [9.17, 15) is 4.79 Å². The molecule has 5 rings (SSSR count). The van der Waals surface area contributed by atoms with Crippen LogP contribution in [0.4, 0.5) is 0 Å². The standard InChI is InChI=1S/C22H19NO3/c1-25-18-9-5-8-15(13-18)19-16-10-11-17(12-16)22(19)21(24)26-20(23-22)14-6-3-2-4-7-14/h2-11,13,16-17,19H,12H2,1H3/t16?,17?,19-,22+/m1/s1. The summed E-state index contributed by atoms with van der Waals surface area (Å²) in [6.45, 7) is 0. The van der Waals surface area contributed by atoms with E-state index in [1.165, 1.54) is 0 Å². The second-order valence-corrected chi connectivity index (χ2v) is 7.14. The predicted octanol–water partition coefficient (Wildman–Crippen LogP) is 3.73. The molecular weight excluding hydrogens is 326 g/mol. The summed E-state index contributed by atoms with van der Waals surface area (Å²) < 4.78 is 11.1. The molecule has 1 heterocycles. The van der Waals surface area contributed by atoms with Crippen LogP contribution >= 0.6 is 0 Å². The van der Waals surface area contributed by atoms with Crippen LogP contribution in [0.3, 0.4) is 0 Å². The molecule has 1 spiro atoms. The third-order valence-electron chi connectivity index (χ3n) is 5.86. The maximum absolute atomic E-state index is 13.1. The van der Waals surface area contributed by atoms with Crippen LogP contribution in [0.1, 0.15) is 23.5 Å². The Kier molecular flexibility index (Phi) is 3.29. The molecule has 0 N–H and O–H groups in total. The van der Waals surface area contributed by atoms with Crippen LogP contribution in [0, 0.1) is 11.8 Å². The van der Waals surface area contributed by atoms with E-state index in [-0.39, 0.29) is 17.8 Å². The van der Waals surface area contributed by atoms with Gasteiger partial charge in [0.15, 0.2) is 5.54 Å². The molecule has 1 saturated carbocycles. The maximum Gasteiger partial charge on any atom is 0.342 e. The molecule has 0 saturated heterocycles. The van der Waals surface area contributed by atoms with Crippen molar-refractivity contribution in [1.82, 2.24) is 0 Å². The number of allylic oxidation sites excluding steroid dienone is 1. The summed E-state index contributed by atoms with van der Waals surface area (Å²) in [6.07, 6.45) is 5.30. The molecule has 26 heavy (non-hydrogen) atoms. The van der Waals surface area contributed by atoms with Crippen molar-refractivity contribution in [3.8, 4) is 5.75 Å². The fraction of sp³-hybridized carbons (Fsp3) is 0.273. The van der Waals surface area contributed by atoms with E-state index in [0.29, 0.717) is 11.8 Å². The molecule has 2 aliphatic carbocycles. The third kappa shape index (κ3) is 2.02. The minimum Gasteiger partial charge on any atom is -0.497 e. The molecule has 4 heteroatoms. The summed E-state index contributed by atoms with van der Waals surface area (Å²) in [5.74, 6) is 1.34. The van der Waals surface area contributed by atoms with Crippen molar-refractivity contribution in [3.63, 3.8) is 0 Å². The normalized spacial score (nSPS) is 31.3. The van der Waals surface area contributed by atoms with Gasteiger partial charge in [0.1, 0.15) is 5.75 Å². The van der Waals surface area contributed by atoms with E-state index in [1.54, 1.807) is 7.11 Å². The Morgan fingerprint density at radius 3 is 2.77 bits per heavy atom. The minimum atomic E-state index is -0.864. The first-order valence-electron chi connectivity index (χ1n) is 8.92. The molecule has 130 valence electrons. The van der Waals surface area contributed by atoms with Gasteiger partial charge < -0.3 is 9.47 Å². The van der Waals surface area contributed by atoms with Gasteiger partial charge in [-0.1, -0.05) is 42.5 Å². The van der Waals surface area contributed by atoms with Crippen molar-refractivity contribution >= 4 is 11.9 Å². The van der Waals surface area contributed by atoms with Gasteiger partial charge in [0.2, 0.25) is 5.90 Å². The SMILES string of the molecule is COc1cccc([C@@H]2C3C=CC(C3)[C@]23N=C(c2ccccc2)OC3=O)c1. The molecule has 0 radical (unpaired) electrons. The zero-order chi connectivity index (χ0) is 17.7. The van der Waals surface area contributed by atoms with Crippen molar-refractivity contribution in [2.24, 2.45) is 16.8 Å². The maximum atomic E-state index is 13.1. The van der Waals surface area contributed by atoms with Crippen LogP contribution in [0.15, 0.2) is 71.7 Å². The molecular formula is C22H19NO3. The number of ether oxygens (including phenoxy) is 2. The van der Waals surface area contributed by atoms with Gasteiger partial charge in [-0.05, 0) is 42.2 Å². The molecule has 4 atom stereocenters. The van der Waals surface area contributed by atoms with E-state index in [1.807, 2.05) is 48.5 Å². The number of carbonyl (C=O) groups excluding carboxylic acids is 1. The smallest absolute Gasteiger partial charge is 0.342 e. The van der Waals surface area contributed by atoms with Crippen molar-refractivity contribution in [1.29, 1.82) is 0 Å². The number of nitrogens with zero attached hydrogens (tertiary/aromatic N) is 1. The Labute approximate surface area is 152 Å². The van der Waals surface area contributed by atoms with Crippen molar-refractivity contribution in [2.45, 2.75) is 17.9 Å². The lowest BCUT2D eigenvalue weighted by atomic mass is 9.73. The lowest BCUT2D eigenvalue weighted by molar-refractivity contribution is -0.140. The Morgan fingerprint density at radius 2 is 1.96 bits per heavy atom. The number of cyclic esters (lactones) is 1. The van der Waals surface area contributed by atoms with E-state index in [2.05, 4.69) is 18.2 Å². The average molecular weight is 345 g/mol. The molecule has 2 aromatic rings. The highest BCUT2D eigenvalue weighted by Crippen LogP contribution is 2.59. The topological polar surface area (TPSA) is 47.9 Å². The highest BCUT2D eigenvalue weighted by Gasteiger charge is 2.65. The number of carbonyl (C=O) groups is 1. The zero-order valence-electron chi connectivity index (χ0n) is 14.5. The van der Waals surface area contributed by atoms with Crippen LogP contribution in [-0.4, -0.2) is 24.5 Å². The zero-order valence-corrected chi connectivity index (χ0v) is 14.5. The van der Waals surface area contributed by atoms with Gasteiger partial charge in [0.25, 0.3) is 0 Å². The highest BCUT2D eigenvalue weighted by atomic mass is 16.6. The summed E-state index contributed by atoms with van der Waals surface area (Å²) in [7, 11) is 1.66. The molecule has 2 aromatic carbocycles. The molecule has 0 amide bonds. The first-order chi connectivity index (χ1) is 12.7. The molecule has 0 aromatic heterocycles. The number of rotatable bonds is 3. The second kappa shape index (κ2) is 5.56. The minimum absolute atomic E-state index is 0.0266. The van der Waals surface area contributed by atoms with Gasteiger partial charge in [-0.15, -0.1) is 0 Å². The molecule has 1 fully saturated rings. The Bertz CT molecular complexity index is 933. The fourth-order valence-electron chi connectivity index (χ4n) is 4.74. The number of methoxy groups -OCH3 is 1. The van der Waals surface area contributed by atoms with Gasteiger partial charge in [-0.2, -0.15) is 0 Å². The summed E-state index contributed by atoms with van der Waals surface area (Å²) in [4.78, 5) is 18.0. The van der Waals surface area contributed by atoms with Gasteiger partial charge in [0, 0.05) is 17.4 Å². The predicted molar refractivity (Wildman–Crippen MR) is 98.3 cm³/mol. The average Bonchev–Trinajstić information content (AvgIpc) is 3.37. The van der Waals surface area contributed by atoms with Crippen LogP contribution in [-0.2, 0) is 9.53 Å². The lowest BCUT2D eigenvalue weighted by Crippen LogP contribution is -2.44. The first-order valence-corrected chi connectivity index (χ1v) is 8.92. The van der Waals surface area contributed by atoms with Crippen LogP contribution in [0.25, 0.3) is 0 Å². The first kappa shape index (κ1) is 15.4. The summed E-state index contributed by atoms with van der Waals surface area (Å²) >= 11 is 0. The van der Waals surface area contributed by atoms with Gasteiger partial charge >= 0.3 is 5.97 Å². The largest absolute Gasteiger partial charge is 0.497 e. The van der Waals surface area contributed by atoms with Crippen LogP contribution in [0.2, 0.25) is 0 Å². The summed E-state index contributed by atoms with van der Waals surface area (Å²) in [5, 5.41) is 0. The third-order valence-corrected chi connectivity index (χ3v) is 5.86. The summed E-state index contributed by atoms with van der Waals surface area (Å²) in [5.41, 5.74) is 1.06. The van der Waals surface area contributed by atoms with Gasteiger partial charge in [0.05, 0.1) is 7.11 Å². The number of hydrogen-bond acceptors (Lipinski definition) is 4. The van der Waals surface area contributed by atoms with E-state index < -0.39 is 5.54 Å². The van der Waals surface area contributed by atoms with E-state index in [4.69, 9.17) is 14.5 Å². The van der Waals surface area contributed by atoms with Gasteiger partial charge in [-0.3, -0.25) is 0 Å². The number of aliphatic imine (C=N–C) groups is 1. The quantitative estimate of drug-likeness (QED) is 0.629. The Balaban J connectivity index is 1.65. The number of fused-ring (bicyclic) bond motifs is 3. The monoisotopic (exact) mass is 345 g/mol. The molecule has 2 bridgehead atoms. The second-order valence-electron chi connectivity index (χ2n) is 7.14. The van der Waals surface area contributed by atoms with Crippen molar-refractivity contribution in [3.05, 3.63) is 77.9 Å². The Hall–Kier alpha value is -2.88.